The summed E-state index contributed by atoms with van der Waals surface area (Å²) in [6.07, 6.45) is 5.80. The molecule has 3 aromatic rings. The number of H-pyrrole nitrogens is 1. The van der Waals surface area contributed by atoms with Crippen LogP contribution in [0.2, 0.25) is 5.02 Å². The van der Waals surface area contributed by atoms with Crippen LogP contribution in [0.3, 0.4) is 0 Å². The molecule has 0 amide bonds. The van der Waals surface area contributed by atoms with Gasteiger partial charge in [-0.25, -0.2) is 4.98 Å². The number of nitriles is 1. The van der Waals surface area contributed by atoms with Crippen molar-refractivity contribution in [2.75, 3.05) is 0 Å². The second-order valence-corrected chi connectivity index (χ2v) is 9.06. The van der Waals surface area contributed by atoms with E-state index < -0.39 is 5.97 Å². The molecule has 8 nitrogen and oxygen atoms in total. The lowest BCUT2D eigenvalue weighted by Gasteiger charge is -2.26. The van der Waals surface area contributed by atoms with Crippen molar-refractivity contribution < 1.29 is 19.4 Å². The molecule has 5 rings (SSSR count). The van der Waals surface area contributed by atoms with E-state index in [4.69, 9.17) is 26.2 Å². The van der Waals surface area contributed by atoms with Gasteiger partial charge in [-0.2, -0.15) is 10.2 Å². The fourth-order valence-corrected chi connectivity index (χ4v) is 4.54. The van der Waals surface area contributed by atoms with Crippen molar-refractivity contribution in [3.8, 4) is 29.1 Å². The van der Waals surface area contributed by atoms with E-state index in [0.717, 1.165) is 19.3 Å². The molecule has 170 valence electrons. The molecule has 0 spiro atoms. The van der Waals surface area contributed by atoms with Gasteiger partial charge in [0, 0.05) is 5.56 Å². The molecule has 2 saturated carbocycles. The first-order valence-electron chi connectivity index (χ1n) is 11.2. The third kappa shape index (κ3) is 4.46. The Hall–Kier alpha value is -3.31. The smallest absolute Gasteiger partial charge is 0.306 e. The van der Waals surface area contributed by atoms with Crippen molar-refractivity contribution in [3.63, 3.8) is 0 Å². The Morgan fingerprint density at radius 2 is 1.85 bits per heavy atom. The zero-order valence-corrected chi connectivity index (χ0v) is 18.6. The number of imidazole rings is 1. The average Bonchev–Trinajstić information content (AvgIpc) is 3.17. The quantitative estimate of drug-likeness (QED) is 0.518. The largest absolute Gasteiger partial charge is 0.489 e. The van der Waals surface area contributed by atoms with Crippen molar-refractivity contribution in [1.82, 2.24) is 15.0 Å². The van der Waals surface area contributed by atoms with Gasteiger partial charge in [0.1, 0.15) is 17.9 Å². The lowest BCUT2D eigenvalue weighted by Crippen LogP contribution is -2.28. The summed E-state index contributed by atoms with van der Waals surface area (Å²) in [7, 11) is 0. The second-order valence-electron chi connectivity index (χ2n) is 8.66. The highest BCUT2D eigenvalue weighted by molar-refractivity contribution is 6.33. The minimum Gasteiger partial charge on any atom is -0.489 e. The molecule has 33 heavy (non-hydrogen) atoms. The van der Waals surface area contributed by atoms with E-state index in [0.29, 0.717) is 70.5 Å². The number of fused-ring (bicyclic) bond motifs is 1. The molecule has 2 N–H and O–H groups in total. The number of aliphatic carboxylic acids is 1. The van der Waals surface area contributed by atoms with Crippen LogP contribution in [-0.2, 0) is 4.79 Å². The van der Waals surface area contributed by atoms with Gasteiger partial charge in [0.15, 0.2) is 5.65 Å². The maximum atomic E-state index is 11.1. The number of ether oxygens (including phenoxy) is 2. The summed E-state index contributed by atoms with van der Waals surface area (Å²) < 4.78 is 11.9. The monoisotopic (exact) mass is 466 g/mol. The average molecular weight is 467 g/mol. The molecule has 0 bridgehead atoms. The zero-order valence-electron chi connectivity index (χ0n) is 17.9. The number of hydrogen-bond acceptors (Lipinski definition) is 6. The molecule has 0 radical (unpaired) electrons. The van der Waals surface area contributed by atoms with Crippen LogP contribution in [-0.4, -0.2) is 38.2 Å². The molecule has 0 aliphatic heterocycles. The summed E-state index contributed by atoms with van der Waals surface area (Å²) in [5, 5.41) is 19.2. The summed E-state index contributed by atoms with van der Waals surface area (Å²) in [5.41, 5.74) is 2.77. The summed E-state index contributed by atoms with van der Waals surface area (Å²) in [4.78, 5) is 23.3. The van der Waals surface area contributed by atoms with Crippen molar-refractivity contribution in [2.45, 2.75) is 57.2 Å². The first-order valence-corrected chi connectivity index (χ1v) is 11.5. The van der Waals surface area contributed by atoms with Gasteiger partial charge in [-0.3, -0.25) is 4.79 Å². The summed E-state index contributed by atoms with van der Waals surface area (Å²) in [6.45, 7) is 0. The Morgan fingerprint density at radius 1 is 1.09 bits per heavy atom. The third-order valence-electron chi connectivity index (χ3n) is 6.43. The number of nitrogens with zero attached hydrogens (tertiary/aromatic N) is 3. The van der Waals surface area contributed by atoms with Crippen molar-refractivity contribution in [3.05, 3.63) is 34.9 Å². The van der Waals surface area contributed by atoms with Crippen LogP contribution in [0, 0.1) is 17.2 Å². The van der Waals surface area contributed by atoms with Gasteiger partial charge in [0.05, 0.1) is 33.8 Å². The molecule has 2 heterocycles. The lowest BCUT2D eigenvalue weighted by molar-refractivity contribution is -0.143. The molecule has 2 aliphatic rings. The number of carboxylic acids is 1. The molecule has 2 aliphatic carbocycles. The molecule has 2 fully saturated rings. The van der Waals surface area contributed by atoms with Crippen LogP contribution in [0.15, 0.2) is 24.3 Å². The van der Waals surface area contributed by atoms with E-state index in [-0.39, 0.29) is 18.1 Å². The number of aromatic nitrogens is 3. The van der Waals surface area contributed by atoms with Crippen molar-refractivity contribution >= 4 is 28.7 Å². The van der Waals surface area contributed by atoms with Gasteiger partial charge in [-0.15, -0.1) is 0 Å². The van der Waals surface area contributed by atoms with E-state index in [9.17, 15) is 10.1 Å². The highest BCUT2D eigenvalue weighted by atomic mass is 35.5. The number of rotatable bonds is 6. The first kappa shape index (κ1) is 21.5. The van der Waals surface area contributed by atoms with Gasteiger partial charge in [-0.05, 0) is 69.2 Å². The normalized spacial score (nSPS) is 20.7. The molecule has 9 heteroatoms. The van der Waals surface area contributed by atoms with Crippen LogP contribution in [0.25, 0.3) is 22.4 Å². The number of carbonyl (C=O) groups is 1. The van der Waals surface area contributed by atoms with E-state index in [1.54, 1.807) is 18.2 Å². The Bertz CT molecular complexity index is 1240. The summed E-state index contributed by atoms with van der Waals surface area (Å²) in [5.74, 6) is -0.464. The number of benzene rings is 1. The highest BCUT2D eigenvalue weighted by Gasteiger charge is 2.27. The zero-order chi connectivity index (χ0) is 22.9. The predicted molar refractivity (Wildman–Crippen MR) is 121 cm³/mol. The van der Waals surface area contributed by atoms with Crippen LogP contribution in [0.1, 0.15) is 50.5 Å². The van der Waals surface area contributed by atoms with E-state index >= 15 is 0 Å². The lowest BCUT2D eigenvalue weighted by atomic mass is 9.87. The first-order chi connectivity index (χ1) is 16.0. The van der Waals surface area contributed by atoms with Crippen molar-refractivity contribution in [1.29, 1.82) is 5.26 Å². The predicted octanol–water partition coefficient (Wildman–Crippen LogP) is 5.10. The van der Waals surface area contributed by atoms with E-state index in [1.807, 2.05) is 6.07 Å². The minimum atomic E-state index is -0.745. The maximum absolute atomic E-state index is 11.1. The van der Waals surface area contributed by atoms with Crippen LogP contribution < -0.4 is 9.47 Å². The number of halogens is 1. The minimum absolute atomic E-state index is 0.0856. The topological polar surface area (TPSA) is 121 Å². The Morgan fingerprint density at radius 3 is 2.52 bits per heavy atom. The van der Waals surface area contributed by atoms with Gasteiger partial charge in [0.25, 0.3) is 6.01 Å². The van der Waals surface area contributed by atoms with Crippen LogP contribution in [0.5, 0.6) is 11.8 Å². The Kier molecular flexibility index (Phi) is 5.81. The molecule has 0 atom stereocenters. The third-order valence-corrected chi connectivity index (χ3v) is 6.71. The van der Waals surface area contributed by atoms with Gasteiger partial charge in [-0.1, -0.05) is 11.6 Å². The number of hydrogen-bond donors (Lipinski definition) is 2. The number of pyridine rings is 1. The maximum Gasteiger partial charge on any atom is 0.306 e. The van der Waals surface area contributed by atoms with E-state index in [2.05, 4.69) is 21.0 Å². The van der Waals surface area contributed by atoms with Crippen molar-refractivity contribution in [2.24, 2.45) is 5.92 Å². The van der Waals surface area contributed by atoms with Gasteiger partial charge < -0.3 is 19.6 Å². The standard InChI is InChI=1S/C24H23ClN4O4/c25-18-11-19-22(29-24(27-19)33-17-7-4-13(5-8-17)23(30)31)28-21(18)14-6-9-20(15(10-14)12-26)32-16-2-1-3-16/h6,9-11,13,16-17H,1-5,7-8H2,(H,30,31)(H,27,28,29)/t13-,17-. The van der Waals surface area contributed by atoms with Crippen LogP contribution >= 0.6 is 11.6 Å². The van der Waals surface area contributed by atoms with E-state index in [1.165, 1.54) is 0 Å². The fourth-order valence-electron chi connectivity index (χ4n) is 4.28. The van der Waals surface area contributed by atoms with Gasteiger partial charge >= 0.3 is 5.97 Å². The summed E-state index contributed by atoms with van der Waals surface area (Å²) >= 11 is 6.51. The summed E-state index contributed by atoms with van der Waals surface area (Å²) in [6, 6.07) is 9.66. The Balaban J connectivity index is 1.36. The highest BCUT2D eigenvalue weighted by Crippen LogP contribution is 2.34. The SMILES string of the molecule is N#Cc1cc(-c2nc3nc(O[C@H]4CC[C@H](C(=O)O)CC4)[nH]c3cc2Cl)ccc1OC1CCC1. The molecule has 2 aromatic heterocycles. The number of aromatic amines is 1. The molecular weight excluding hydrogens is 444 g/mol. The fraction of sp³-hybridized carbons (Fsp3) is 0.417. The number of nitrogens with one attached hydrogen (secondary N) is 1. The Labute approximate surface area is 195 Å². The molecule has 1 aromatic carbocycles. The number of carboxylic acid groups (broad SMARTS) is 1. The second kappa shape index (κ2) is 8.91. The molecule has 0 saturated heterocycles. The molecule has 0 unspecified atom stereocenters. The van der Waals surface area contributed by atoms with Gasteiger partial charge in [0.2, 0.25) is 0 Å². The molecular formula is C24H23ClN4O4. The van der Waals surface area contributed by atoms with Crippen LogP contribution in [0.4, 0.5) is 0 Å².